The van der Waals surface area contributed by atoms with E-state index >= 15 is 0 Å². The number of aromatic hydroxyl groups is 5. The van der Waals surface area contributed by atoms with E-state index in [-0.39, 0.29) is 5.56 Å². The first-order valence-electron chi connectivity index (χ1n) is 10.9. The van der Waals surface area contributed by atoms with E-state index < -0.39 is 28.7 Å². The molecule has 0 fully saturated rings. The van der Waals surface area contributed by atoms with Crippen LogP contribution in [-0.2, 0) is 0 Å². The Balaban J connectivity index is 0.00000148. The third kappa shape index (κ3) is 6.74. The minimum atomic E-state index is -0.975. The number of nitrogens with one attached hydrogen (secondary N) is 1. The fourth-order valence-corrected chi connectivity index (χ4v) is 2.89. The molecule has 176 valence electrons. The van der Waals surface area contributed by atoms with Gasteiger partial charge in [0.2, 0.25) is 17.2 Å². The number of anilines is 2. The summed E-state index contributed by atoms with van der Waals surface area (Å²) in [7, 11) is 0. The van der Waals surface area contributed by atoms with Crippen LogP contribution in [0.3, 0.4) is 0 Å². The van der Waals surface area contributed by atoms with Crippen molar-refractivity contribution >= 4 is 11.4 Å². The molecule has 3 rings (SSSR count). The molecule has 0 amide bonds. The van der Waals surface area contributed by atoms with Crippen molar-refractivity contribution in [2.24, 2.45) is 0 Å². The molecular formula is C26H37NO5. The minimum Gasteiger partial charge on any atom is -0.504 e. The first kappa shape index (κ1) is 28.5. The van der Waals surface area contributed by atoms with Crippen LogP contribution in [0.2, 0.25) is 0 Å². The predicted molar refractivity (Wildman–Crippen MR) is 133 cm³/mol. The second kappa shape index (κ2) is 13.7. The summed E-state index contributed by atoms with van der Waals surface area (Å²) in [6, 6.07) is 12.8. The van der Waals surface area contributed by atoms with Gasteiger partial charge in [0.05, 0.1) is 5.56 Å². The van der Waals surface area contributed by atoms with Crippen molar-refractivity contribution in [3.63, 3.8) is 0 Å². The van der Waals surface area contributed by atoms with E-state index in [9.17, 15) is 25.5 Å². The van der Waals surface area contributed by atoms with Crippen LogP contribution >= 0.6 is 0 Å². The fraction of sp³-hybridized carbons (Fsp3) is 0.308. The van der Waals surface area contributed by atoms with Crippen LogP contribution < -0.4 is 5.32 Å². The molecule has 0 aliphatic heterocycles. The number of benzene rings is 3. The van der Waals surface area contributed by atoms with Gasteiger partial charge in [0.25, 0.3) is 0 Å². The average molecular weight is 444 g/mol. The monoisotopic (exact) mass is 443 g/mol. The molecular weight excluding hydrogens is 406 g/mol. The molecule has 0 aliphatic rings. The molecule has 0 aromatic heterocycles. The third-order valence-electron chi connectivity index (χ3n) is 4.05. The molecule has 0 atom stereocenters. The Morgan fingerprint density at radius 3 is 1.28 bits per heavy atom. The van der Waals surface area contributed by atoms with Crippen LogP contribution in [-0.4, -0.2) is 25.5 Å². The summed E-state index contributed by atoms with van der Waals surface area (Å²) in [5.74, 6) is -4.20. The first-order valence-corrected chi connectivity index (χ1v) is 10.9. The molecule has 0 aliphatic carbocycles. The zero-order chi connectivity index (χ0) is 25.0. The number of hydrogen-bond donors (Lipinski definition) is 6. The minimum absolute atomic E-state index is 0.171. The summed E-state index contributed by atoms with van der Waals surface area (Å²) in [6.07, 6.45) is 0. The van der Waals surface area contributed by atoms with E-state index in [1.54, 1.807) is 24.3 Å². The maximum Gasteiger partial charge on any atom is 0.208 e. The van der Waals surface area contributed by atoms with E-state index in [4.69, 9.17) is 0 Å². The summed E-state index contributed by atoms with van der Waals surface area (Å²) in [6.45, 7) is 16.0. The molecule has 0 saturated heterocycles. The SMILES string of the molecule is CC.CC.CC.Cc1cc(C)cc(Nc2ccc(-c3c(O)c(O)c(O)c(O)c3O)cc2)c1. The lowest BCUT2D eigenvalue weighted by Crippen LogP contribution is -1.92. The molecule has 6 heteroatoms. The average Bonchev–Trinajstić information content (AvgIpc) is 2.81. The van der Waals surface area contributed by atoms with Gasteiger partial charge in [-0.05, 0) is 54.8 Å². The Bertz CT molecular complexity index is 933. The number of aryl methyl sites for hydroxylation is 2. The van der Waals surface area contributed by atoms with Gasteiger partial charge in [-0.1, -0.05) is 59.7 Å². The Morgan fingerprint density at radius 1 is 0.500 bits per heavy atom. The fourth-order valence-electron chi connectivity index (χ4n) is 2.89. The highest BCUT2D eigenvalue weighted by Gasteiger charge is 2.24. The van der Waals surface area contributed by atoms with Gasteiger partial charge in [0.15, 0.2) is 11.5 Å². The molecule has 0 bridgehead atoms. The molecule has 0 radical (unpaired) electrons. The molecule has 6 nitrogen and oxygen atoms in total. The summed E-state index contributed by atoms with van der Waals surface area (Å²) in [5.41, 5.74) is 4.17. The third-order valence-corrected chi connectivity index (χ3v) is 4.05. The van der Waals surface area contributed by atoms with E-state index in [2.05, 4.69) is 11.4 Å². The van der Waals surface area contributed by atoms with Gasteiger partial charge in [0, 0.05) is 11.4 Å². The quantitative estimate of drug-likeness (QED) is 0.187. The van der Waals surface area contributed by atoms with Gasteiger partial charge >= 0.3 is 0 Å². The van der Waals surface area contributed by atoms with Gasteiger partial charge < -0.3 is 30.8 Å². The van der Waals surface area contributed by atoms with E-state index in [0.717, 1.165) is 22.5 Å². The summed E-state index contributed by atoms with van der Waals surface area (Å²) >= 11 is 0. The van der Waals surface area contributed by atoms with Gasteiger partial charge in [0.1, 0.15) is 0 Å². The van der Waals surface area contributed by atoms with Crippen LogP contribution in [0.1, 0.15) is 52.7 Å². The predicted octanol–water partition coefficient (Wildman–Crippen LogP) is 7.32. The van der Waals surface area contributed by atoms with Crippen LogP contribution in [0.5, 0.6) is 28.7 Å². The summed E-state index contributed by atoms with van der Waals surface area (Å²) in [5, 5.41) is 52.1. The molecule has 3 aromatic rings. The molecule has 0 unspecified atom stereocenters. The van der Waals surface area contributed by atoms with Crippen molar-refractivity contribution in [2.45, 2.75) is 55.4 Å². The van der Waals surface area contributed by atoms with Gasteiger partial charge in [-0.15, -0.1) is 0 Å². The highest BCUT2D eigenvalue weighted by Crippen LogP contribution is 2.54. The molecule has 0 heterocycles. The maximum absolute atomic E-state index is 10.0. The van der Waals surface area contributed by atoms with Gasteiger partial charge in [-0.3, -0.25) is 0 Å². The molecule has 32 heavy (non-hydrogen) atoms. The molecule has 0 saturated carbocycles. The van der Waals surface area contributed by atoms with Crippen LogP contribution in [0.25, 0.3) is 11.1 Å². The highest BCUT2D eigenvalue weighted by molar-refractivity contribution is 5.85. The van der Waals surface area contributed by atoms with E-state index in [0.29, 0.717) is 5.56 Å². The Morgan fingerprint density at radius 2 is 0.875 bits per heavy atom. The van der Waals surface area contributed by atoms with Crippen molar-refractivity contribution in [2.75, 3.05) is 5.32 Å². The van der Waals surface area contributed by atoms with Crippen molar-refractivity contribution in [3.05, 3.63) is 53.6 Å². The van der Waals surface area contributed by atoms with Gasteiger partial charge in [-0.25, -0.2) is 0 Å². The Hall–Kier alpha value is -3.54. The standard InChI is InChI=1S/C20H19NO5.3C2H6/c1-10-7-11(2)9-14(8-10)21-13-5-3-12(4-6-13)15-16(22)18(24)20(26)19(25)17(15)23;3*1-2/h3-9,21-26H,1-2H3;3*1-2H3. The first-order chi connectivity index (χ1) is 15.3. The van der Waals surface area contributed by atoms with E-state index in [1.807, 2.05) is 67.5 Å². The topological polar surface area (TPSA) is 113 Å². The number of phenolic OH excluding ortho intramolecular Hbond substituents is 5. The van der Waals surface area contributed by atoms with Crippen LogP contribution in [0.4, 0.5) is 11.4 Å². The lowest BCUT2D eigenvalue weighted by molar-refractivity contribution is 0.330. The van der Waals surface area contributed by atoms with E-state index in [1.165, 1.54) is 0 Å². The van der Waals surface area contributed by atoms with Crippen molar-refractivity contribution in [3.8, 4) is 39.9 Å². The molecule has 3 aromatic carbocycles. The second-order valence-electron chi connectivity index (χ2n) is 6.20. The summed E-state index contributed by atoms with van der Waals surface area (Å²) < 4.78 is 0. The second-order valence-corrected chi connectivity index (χ2v) is 6.20. The maximum atomic E-state index is 10.0. The number of rotatable bonds is 3. The van der Waals surface area contributed by atoms with Crippen molar-refractivity contribution in [1.82, 2.24) is 0 Å². The largest absolute Gasteiger partial charge is 0.504 e. The lowest BCUT2D eigenvalue weighted by Gasteiger charge is -2.13. The lowest BCUT2D eigenvalue weighted by atomic mass is 10.0. The number of phenols is 5. The molecule has 6 N–H and O–H groups in total. The zero-order valence-corrected chi connectivity index (χ0v) is 20.3. The summed E-state index contributed by atoms with van der Waals surface area (Å²) in [4.78, 5) is 0. The van der Waals surface area contributed by atoms with Crippen molar-refractivity contribution in [1.29, 1.82) is 0 Å². The normalized spacial score (nSPS) is 9.25. The van der Waals surface area contributed by atoms with Crippen LogP contribution in [0, 0.1) is 13.8 Å². The zero-order valence-electron chi connectivity index (χ0n) is 20.3. The number of hydrogen-bond acceptors (Lipinski definition) is 6. The molecule has 0 spiro atoms. The Kier molecular flexibility index (Phi) is 12.2. The van der Waals surface area contributed by atoms with Crippen molar-refractivity contribution < 1.29 is 25.5 Å². The van der Waals surface area contributed by atoms with Gasteiger partial charge in [-0.2, -0.15) is 0 Å². The highest BCUT2D eigenvalue weighted by atomic mass is 16.4. The smallest absolute Gasteiger partial charge is 0.208 e. The Labute approximate surface area is 191 Å². The van der Waals surface area contributed by atoms with Crippen LogP contribution in [0.15, 0.2) is 42.5 Å².